The highest BCUT2D eigenvalue weighted by atomic mass is 16.1. The van der Waals surface area contributed by atoms with Gasteiger partial charge in [0.05, 0.1) is 22.5 Å². The summed E-state index contributed by atoms with van der Waals surface area (Å²) >= 11 is 0. The molecule has 0 aliphatic rings. The molecule has 8 nitrogen and oxygen atoms in total. The zero-order chi connectivity index (χ0) is 23.5. The molecule has 0 saturated heterocycles. The van der Waals surface area contributed by atoms with E-state index in [9.17, 15) is 9.59 Å². The second kappa shape index (κ2) is 9.52. The summed E-state index contributed by atoms with van der Waals surface area (Å²) in [6, 6.07) is 15.2. The Balaban J connectivity index is 1.47. The van der Waals surface area contributed by atoms with E-state index in [1.165, 1.54) is 4.68 Å². The van der Waals surface area contributed by atoms with Crippen molar-refractivity contribution in [1.29, 1.82) is 0 Å². The van der Waals surface area contributed by atoms with Crippen LogP contribution in [0.15, 0.2) is 53.3 Å². The molecule has 0 spiro atoms. The molecular weight excluding hydrogens is 416 g/mol. The molecule has 0 aliphatic carbocycles. The van der Waals surface area contributed by atoms with Crippen LogP contribution in [-0.2, 0) is 11.3 Å². The first-order chi connectivity index (χ1) is 15.9. The molecule has 33 heavy (non-hydrogen) atoms. The Morgan fingerprint density at radius 1 is 1.00 bits per heavy atom. The lowest BCUT2D eigenvalue weighted by Gasteiger charge is -2.25. The Kier molecular flexibility index (Phi) is 6.53. The van der Waals surface area contributed by atoms with Crippen LogP contribution >= 0.6 is 0 Å². The van der Waals surface area contributed by atoms with Gasteiger partial charge in [-0.1, -0.05) is 43.3 Å². The molecule has 0 saturated carbocycles. The van der Waals surface area contributed by atoms with E-state index >= 15 is 0 Å². The molecule has 8 heteroatoms. The summed E-state index contributed by atoms with van der Waals surface area (Å²) in [5, 5.41) is 11.8. The molecule has 0 bridgehead atoms. The fourth-order valence-corrected chi connectivity index (χ4v) is 4.16. The first kappa shape index (κ1) is 22.6. The fraction of sp³-hybridized carbons (Fsp3) is 0.400. The quantitative estimate of drug-likeness (QED) is 0.441. The number of nitrogens with one attached hydrogen (secondary N) is 1. The average molecular weight is 447 g/mol. The van der Waals surface area contributed by atoms with E-state index in [2.05, 4.69) is 54.0 Å². The summed E-state index contributed by atoms with van der Waals surface area (Å²) in [7, 11) is 0. The summed E-state index contributed by atoms with van der Waals surface area (Å²) in [5.74, 6) is 0.960. The van der Waals surface area contributed by atoms with E-state index in [-0.39, 0.29) is 35.9 Å². The number of benzene rings is 2. The molecule has 2 aromatic carbocycles. The predicted octanol–water partition coefficient (Wildman–Crippen LogP) is 4.02. The molecule has 1 N–H and O–H groups in total. The van der Waals surface area contributed by atoms with Gasteiger partial charge in [-0.15, -0.1) is 5.10 Å². The summed E-state index contributed by atoms with van der Waals surface area (Å²) in [6.45, 7) is 8.75. The van der Waals surface area contributed by atoms with E-state index in [0.717, 1.165) is 16.9 Å². The number of rotatable bonds is 8. The van der Waals surface area contributed by atoms with Crippen LogP contribution in [0.3, 0.4) is 0 Å². The van der Waals surface area contributed by atoms with Crippen LogP contribution in [0.5, 0.6) is 0 Å². The predicted molar refractivity (Wildman–Crippen MR) is 129 cm³/mol. The Hall–Kier alpha value is -3.55. The Morgan fingerprint density at radius 2 is 1.70 bits per heavy atom. The lowest BCUT2D eigenvalue weighted by Crippen LogP contribution is -2.34. The molecule has 4 rings (SSSR count). The summed E-state index contributed by atoms with van der Waals surface area (Å²) in [5.41, 5.74) is 2.38. The number of nitrogens with zero attached hydrogens (tertiary/aromatic N) is 5. The highest BCUT2D eigenvalue weighted by molar-refractivity contribution is 5.78. The largest absolute Gasteiger partial charge is 0.346 e. The van der Waals surface area contributed by atoms with Crippen LogP contribution in [0.1, 0.15) is 58.4 Å². The van der Waals surface area contributed by atoms with Crippen molar-refractivity contribution in [2.45, 2.75) is 59.2 Å². The maximum Gasteiger partial charge on any atom is 0.277 e. The minimum atomic E-state index is -0.213. The number of fused-ring (bicyclic) bond motifs is 2. The number of imidazole rings is 1. The molecule has 2 aromatic heterocycles. The highest BCUT2D eigenvalue weighted by Crippen LogP contribution is 2.28. The molecule has 0 fully saturated rings. The SMILES string of the molecule is CC(C)[C@H](NC(=O)CCCn1nnc2ccccc2c1=O)c1nc2ccccc2n1C(C)C. The summed E-state index contributed by atoms with van der Waals surface area (Å²) < 4.78 is 3.53. The number of aryl methyl sites for hydroxylation is 1. The molecule has 1 atom stereocenters. The minimum Gasteiger partial charge on any atom is -0.346 e. The van der Waals surface area contributed by atoms with Crippen LogP contribution in [0, 0.1) is 5.92 Å². The summed E-state index contributed by atoms with van der Waals surface area (Å²) in [4.78, 5) is 30.3. The zero-order valence-electron chi connectivity index (χ0n) is 19.5. The van der Waals surface area contributed by atoms with Crippen LogP contribution in [-0.4, -0.2) is 30.5 Å². The number of aromatic nitrogens is 5. The molecule has 0 aliphatic heterocycles. The number of amides is 1. The standard InChI is InChI=1S/C25H30N6O2/c1-16(2)23(24-26-20-12-7-8-13-21(20)31(24)17(3)4)27-22(32)14-9-15-30-25(33)18-10-5-6-11-19(18)28-29-30/h5-8,10-13,16-17,23H,9,14-15H2,1-4H3,(H,27,32)/t23-/m0/s1. The monoisotopic (exact) mass is 446 g/mol. The van der Waals surface area contributed by atoms with Crippen LogP contribution in [0.25, 0.3) is 21.9 Å². The van der Waals surface area contributed by atoms with Crippen molar-refractivity contribution < 1.29 is 4.79 Å². The van der Waals surface area contributed by atoms with Crippen molar-refractivity contribution in [1.82, 2.24) is 29.9 Å². The van der Waals surface area contributed by atoms with Crippen molar-refractivity contribution in [3.63, 3.8) is 0 Å². The zero-order valence-corrected chi connectivity index (χ0v) is 19.5. The van der Waals surface area contributed by atoms with Crippen molar-refractivity contribution in [2.75, 3.05) is 0 Å². The molecule has 172 valence electrons. The first-order valence-electron chi connectivity index (χ1n) is 11.5. The summed E-state index contributed by atoms with van der Waals surface area (Å²) in [6.07, 6.45) is 0.774. The number of hydrogen-bond donors (Lipinski definition) is 1. The van der Waals surface area contributed by atoms with Crippen molar-refractivity contribution >= 4 is 27.8 Å². The molecule has 2 heterocycles. The van der Waals surface area contributed by atoms with Crippen LogP contribution in [0.2, 0.25) is 0 Å². The fourth-order valence-electron chi connectivity index (χ4n) is 4.16. The van der Waals surface area contributed by atoms with E-state index in [1.54, 1.807) is 18.2 Å². The number of carbonyl (C=O) groups is 1. The van der Waals surface area contributed by atoms with Crippen LogP contribution in [0.4, 0.5) is 0 Å². The van der Waals surface area contributed by atoms with E-state index < -0.39 is 0 Å². The van der Waals surface area contributed by atoms with Crippen LogP contribution < -0.4 is 10.9 Å². The van der Waals surface area contributed by atoms with Gasteiger partial charge in [0, 0.05) is 19.0 Å². The third-order valence-corrected chi connectivity index (χ3v) is 5.80. The smallest absolute Gasteiger partial charge is 0.277 e. The van der Waals surface area contributed by atoms with E-state index in [1.807, 2.05) is 24.3 Å². The minimum absolute atomic E-state index is 0.0714. The molecule has 4 aromatic rings. The maximum absolute atomic E-state index is 12.8. The van der Waals surface area contributed by atoms with Gasteiger partial charge in [-0.2, -0.15) is 0 Å². The van der Waals surface area contributed by atoms with Crippen molar-refractivity contribution in [3.8, 4) is 0 Å². The Bertz CT molecular complexity index is 1340. The van der Waals surface area contributed by atoms with E-state index in [0.29, 0.717) is 23.9 Å². The van der Waals surface area contributed by atoms with Gasteiger partial charge in [0.25, 0.3) is 5.56 Å². The normalized spacial score (nSPS) is 12.7. The Labute approximate surface area is 192 Å². The molecule has 1 amide bonds. The number of carbonyl (C=O) groups excluding carboxylic acids is 1. The van der Waals surface area contributed by atoms with Gasteiger partial charge in [-0.3, -0.25) is 9.59 Å². The van der Waals surface area contributed by atoms with Gasteiger partial charge < -0.3 is 9.88 Å². The molecule has 0 unspecified atom stereocenters. The molecular formula is C25H30N6O2. The van der Waals surface area contributed by atoms with Gasteiger partial charge in [0.1, 0.15) is 11.3 Å². The maximum atomic E-state index is 12.8. The Morgan fingerprint density at radius 3 is 2.42 bits per heavy atom. The molecule has 0 radical (unpaired) electrons. The third-order valence-electron chi connectivity index (χ3n) is 5.80. The highest BCUT2D eigenvalue weighted by Gasteiger charge is 2.25. The van der Waals surface area contributed by atoms with E-state index in [4.69, 9.17) is 4.98 Å². The van der Waals surface area contributed by atoms with Gasteiger partial charge in [0.15, 0.2) is 0 Å². The van der Waals surface area contributed by atoms with Gasteiger partial charge >= 0.3 is 0 Å². The van der Waals surface area contributed by atoms with Crippen molar-refractivity contribution in [3.05, 3.63) is 64.7 Å². The number of para-hydroxylation sites is 2. The third kappa shape index (κ3) is 4.65. The average Bonchev–Trinajstić information content (AvgIpc) is 3.18. The topological polar surface area (TPSA) is 94.7 Å². The lowest BCUT2D eigenvalue weighted by atomic mass is 10.0. The van der Waals surface area contributed by atoms with Gasteiger partial charge in [-0.25, -0.2) is 9.67 Å². The first-order valence-corrected chi connectivity index (χ1v) is 11.5. The van der Waals surface area contributed by atoms with Crippen molar-refractivity contribution in [2.24, 2.45) is 5.92 Å². The second-order valence-electron chi connectivity index (χ2n) is 8.95. The second-order valence-corrected chi connectivity index (χ2v) is 8.95. The lowest BCUT2D eigenvalue weighted by molar-refractivity contribution is -0.122. The van der Waals surface area contributed by atoms with Gasteiger partial charge in [0.2, 0.25) is 5.91 Å². The van der Waals surface area contributed by atoms with Gasteiger partial charge in [-0.05, 0) is 50.5 Å². The number of hydrogen-bond acceptors (Lipinski definition) is 5.